The van der Waals surface area contributed by atoms with Gasteiger partial charge in [0.1, 0.15) is 36.6 Å². The predicted molar refractivity (Wildman–Crippen MR) is 94.1 cm³/mol. The van der Waals surface area contributed by atoms with Gasteiger partial charge < -0.3 is 29.9 Å². The van der Waals surface area contributed by atoms with Crippen molar-refractivity contribution in [3.8, 4) is 0 Å². The van der Waals surface area contributed by atoms with Crippen LogP contribution in [-0.4, -0.2) is 57.0 Å². The van der Waals surface area contributed by atoms with E-state index in [-0.39, 0.29) is 13.2 Å². The first-order valence-electron chi connectivity index (χ1n) is 8.61. The molecule has 4 N–H and O–H groups in total. The van der Waals surface area contributed by atoms with E-state index < -0.39 is 36.6 Å². The smallest absolute Gasteiger partial charge is 0.115 e. The number of benzene rings is 2. The lowest BCUT2D eigenvalue weighted by molar-refractivity contribution is -0.250. The van der Waals surface area contributed by atoms with Crippen LogP contribution in [0.3, 0.4) is 0 Å². The summed E-state index contributed by atoms with van der Waals surface area (Å²) in [7, 11) is 0. The standard InChI is InChI=1S/C20H24O6/c21-15-16(22)19(25-11-13-7-3-1-4-8-13)18(24)20(17(15)23)26-12-14-9-5-2-6-10-14/h1-10,15-24H,11-12H2/t15?,16-,17+,18?,19-,20+. The molecule has 0 amide bonds. The Kier molecular flexibility index (Phi) is 6.37. The summed E-state index contributed by atoms with van der Waals surface area (Å²) < 4.78 is 11.3. The van der Waals surface area contributed by atoms with Gasteiger partial charge in [0.2, 0.25) is 0 Å². The second-order valence-electron chi connectivity index (χ2n) is 6.48. The largest absolute Gasteiger partial charge is 0.387 e. The molecule has 1 saturated carbocycles. The highest BCUT2D eigenvalue weighted by Gasteiger charge is 2.50. The van der Waals surface area contributed by atoms with Gasteiger partial charge in [-0.05, 0) is 11.1 Å². The summed E-state index contributed by atoms with van der Waals surface area (Å²) in [5, 5.41) is 41.1. The van der Waals surface area contributed by atoms with Crippen molar-refractivity contribution in [3.05, 3.63) is 71.8 Å². The van der Waals surface area contributed by atoms with E-state index in [9.17, 15) is 20.4 Å². The molecule has 26 heavy (non-hydrogen) atoms. The zero-order valence-electron chi connectivity index (χ0n) is 14.3. The van der Waals surface area contributed by atoms with Gasteiger partial charge in [-0.1, -0.05) is 60.7 Å². The first-order chi connectivity index (χ1) is 12.6. The maximum absolute atomic E-state index is 10.6. The minimum Gasteiger partial charge on any atom is -0.387 e. The van der Waals surface area contributed by atoms with Gasteiger partial charge in [0.05, 0.1) is 13.2 Å². The minimum absolute atomic E-state index is 0.161. The van der Waals surface area contributed by atoms with E-state index in [0.717, 1.165) is 11.1 Å². The van der Waals surface area contributed by atoms with E-state index in [4.69, 9.17) is 9.47 Å². The number of aliphatic hydroxyl groups is 4. The molecule has 0 spiro atoms. The molecular formula is C20H24O6. The third-order valence-electron chi connectivity index (χ3n) is 4.62. The van der Waals surface area contributed by atoms with Crippen LogP contribution in [0.2, 0.25) is 0 Å². The molecule has 0 heterocycles. The number of ether oxygens (including phenoxy) is 2. The Balaban J connectivity index is 1.66. The van der Waals surface area contributed by atoms with Crippen molar-refractivity contribution in [3.63, 3.8) is 0 Å². The highest BCUT2D eigenvalue weighted by Crippen LogP contribution is 2.27. The molecule has 0 radical (unpaired) electrons. The highest BCUT2D eigenvalue weighted by atomic mass is 16.5. The van der Waals surface area contributed by atoms with Gasteiger partial charge in [0, 0.05) is 0 Å². The summed E-state index contributed by atoms with van der Waals surface area (Å²) in [4.78, 5) is 0. The van der Waals surface area contributed by atoms with Crippen LogP contribution >= 0.6 is 0 Å². The molecule has 0 aliphatic heterocycles. The summed E-state index contributed by atoms with van der Waals surface area (Å²) in [6.07, 6.45) is -7.74. The molecule has 3 rings (SSSR count). The van der Waals surface area contributed by atoms with Crippen LogP contribution in [-0.2, 0) is 22.7 Å². The third kappa shape index (κ3) is 4.29. The lowest BCUT2D eigenvalue weighted by atomic mass is 9.84. The van der Waals surface area contributed by atoms with Gasteiger partial charge in [-0.25, -0.2) is 0 Å². The monoisotopic (exact) mass is 360 g/mol. The normalized spacial score (nSPS) is 31.7. The van der Waals surface area contributed by atoms with Crippen molar-refractivity contribution in [1.29, 1.82) is 0 Å². The average Bonchev–Trinajstić information content (AvgIpc) is 2.68. The third-order valence-corrected chi connectivity index (χ3v) is 4.62. The Bertz CT molecular complexity index is 607. The maximum atomic E-state index is 10.6. The Morgan fingerprint density at radius 3 is 1.31 bits per heavy atom. The van der Waals surface area contributed by atoms with Crippen molar-refractivity contribution >= 4 is 0 Å². The van der Waals surface area contributed by atoms with Gasteiger partial charge in [-0.2, -0.15) is 0 Å². The van der Waals surface area contributed by atoms with Crippen LogP contribution in [0.5, 0.6) is 0 Å². The minimum atomic E-state index is -1.47. The summed E-state index contributed by atoms with van der Waals surface area (Å²) in [6, 6.07) is 18.6. The molecule has 0 bridgehead atoms. The van der Waals surface area contributed by atoms with Crippen molar-refractivity contribution < 1.29 is 29.9 Å². The van der Waals surface area contributed by atoms with E-state index in [1.54, 1.807) is 0 Å². The van der Waals surface area contributed by atoms with E-state index in [1.807, 2.05) is 60.7 Å². The molecule has 0 saturated heterocycles. The summed E-state index contributed by atoms with van der Waals surface area (Å²) in [5.74, 6) is 0. The Labute approximate surface area is 152 Å². The molecule has 1 aliphatic rings. The SMILES string of the molecule is OC1[C@@H](O)[C@@H](OCc2ccccc2)C(O)[C@@H](OCc2ccccc2)[C@H]1O. The van der Waals surface area contributed by atoms with Gasteiger partial charge >= 0.3 is 0 Å². The molecule has 2 unspecified atom stereocenters. The lowest BCUT2D eigenvalue weighted by Crippen LogP contribution is -2.64. The van der Waals surface area contributed by atoms with Crippen LogP contribution in [0.15, 0.2) is 60.7 Å². The fourth-order valence-corrected chi connectivity index (χ4v) is 3.11. The number of aliphatic hydroxyl groups excluding tert-OH is 4. The molecule has 6 heteroatoms. The van der Waals surface area contributed by atoms with Crippen LogP contribution in [0.4, 0.5) is 0 Å². The first kappa shape index (κ1) is 19.0. The van der Waals surface area contributed by atoms with Gasteiger partial charge in [-0.3, -0.25) is 0 Å². The molecule has 1 aliphatic carbocycles. The topological polar surface area (TPSA) is 99.4 Å². The van der Waals surface area contributed by atoms with E-state index >= 15 is 0 Å². The molecule has 140 valence electrons. The second kappa shape index (κ2) is 8.73. The highest BCUT2D eigenvalue weighted by molar-refractivity contribution is 5.15. The quantitative estimate of drug-likeness (QED) is 0.603. The zero-order valence-corrected chi connectivity index (χ0v) is 14.3. The van der Waals surface area contributed by atoms with Crippen LogP contribution in [0.1, 0.15) is 11.1 Å². The van der Waals surface area contributed by atoms with Crippen molar-refractivity contribution in [1.82, 2.24) is 0 Å². The fraction of sp³-hybridized carbons (Fsp3) is 0.400. The molecule has 6 nitrogen and oxygen atoms in total. The maximum Gasteiger partial charge on any atom is 0.115 e. The number of hydrogen-bond acceptors (Lipinski definition) is 6. The van der Waals surface area contributed by atoms with Gasteiger partial charge in [-0.15, -0.1) is 0 Å². The summed E-state index contributed by atoms with van der Waals surface area (Å²) in [6.45, 7) is 0.321. The predicted octanol–water partition coefficient (Wildman–Crippen LogP) is 0.614. The van der Waals surface area contributed by atoms with E-state index in [2.05, 4.69) is 0 Å². The molecular weight excluding hydrogens is 336 g/mol. The van der Waals surface area contributed by atoms with Gasteiger partial charge in [0.15, 0.2) is 0 Å². The Morgan fingerprint density at radius 2 is 0.923 bits per heavy atom. The van der Waals surface area contributed by atoms with E-state index in [1.165, 1.54) is 0 Å². The van der Waals surface area contributed by atoms with Crippen LogP contribution in [0, 0.1) is 0 Å². The zero-order chi connectivity index (χ0) is 18.5. The summed E-state index contributed by atoms with van der Waals surface area (Å²) in [5.41, 5.74) is 1.74. The van der Waals surface area contributed by atoms with Crippen LogP contribution < -0.4 is 0 Å². The first-order valence-corrected chi connectivity index (χ1v) is 8.61. The molecule has 6 atom stereocenters. The van der Waals surface area contributed by atoms with E-state index in [0.29, 0.717) is 0 Å². The van der Waals surface area contributed by atoms with Crippen LogP contribution in [0.25, 0.3) is 0 Å². The lowest BCUT2D eigenvalue weighted by Gasteiger charge is -2.43. The molecule has 0 aromatic heterocycles. The fourth-order valence-electron chi connectivity index (χ4n) is 3.11. The van der Waals surface area contributed by atoms with Gasteiger partial charge in [0.25, 0.3) is 0 Å². The molecule has 1 fully saturated rings. The average molecular weight is 360 g/mol. The Morgan fingerprint density at radius 1 is 0.538 bits per heavy atom. The second-order valence-corrected chi connectivity index (χ2v) is 6.48. The number of hydrogen-bond donors (Lipinski definition) is 4. The Hall–Kier alpha value is -1.80. The van der Waals surface area contributed by atoms with Crippen molar-refractivity contribution in [2.45, 2.75) is 49.8 Å². The van der Waals surface area contributed by atoms with Crippen molar-refractivity contribution in [2.75, 3.05) is 0 Å². The molecule has 2 aromatic rings. The number of rotatable bonds is 6. The summed E-state index contributed by atoms with van der Waals surface area (Å²) >= 11 is 0. The molecule has 2 aromatic carbocycles. The van der Waals surface area contributed by atoms with Crippen molar-refractivity contribution in [2.24, 2.45) is 0 Å².